The molecule has 0 aliphatic rings. The maximum Gasteiger partial charge on any atom is 0.293 e. The van der Waals surface area contributed by atoms with Crippen molar-refractivity contribution < 1.29 is 14.6 Å². The van der Waals surface area contributed by atoms with Crippen molar-refractivity contribution in [1.82, 2.24) is 0 Å². The van der Waals surface area contributed by atoms with E-state index in [0.717, 1.165) is 62.5 Å². The predicted molar refractivity (Wildman–Crippen MR) is 122 cm³/mol. The Bertz CT molecular complexity index is 584. The lowest BCUT2D eigenvalue weighted by Crippen LogP contribution is -2.23. The van der Waals surface area contributed by atoms with Crippen molar-refractivity contribution in [3.63, 3.8) is 0 Å². The molecule has 0 spiro atoms. The third kappa shape index (κ3) is 11.9. The van der Waals surface area contributed by atoms with Crippen LogP contribution in [0.1, 0.15) is 110 Å². The summed E-state index contributed by atoms with van der Waals surface area (Å²) in [5.74, 6) is 0.516. The summed E-state index contributed by atoms with van der Waals surface area (Å²) in [4.78, 5) is 10.5. The van der Waals surface area contributed by atoms with Gasteiger partial charge in [0.15, 0.2) is 0 Å². The number of hydrogen-bond acceptors (Lipinski definition) is 3. The number of para-hydroxylation sites is 1. The number of unbranched alkanes of at least 4 members (excludes halogenated alkanes) is 6. The highest BCUT2D eigenvalue weighted by Crippen LogP contribution is 2.27. The molecule has 0 radical (unpaired) electrons. The van der Waals surface area contributed by atoms with Crippen LogP contribution in [0.2, 0.25) is 0 Å². The molecule has 0 unspecified atom stereocenters. The minimum atomic E-state index is -0.360. The first-order valence-electron chi connectivity index (χ1n) is 11.6. The minimum Gasteiger partial charge on any atom is -0.507 e. The molecule has 166 valence electrons. The summed E-state index contributed by atoms with van der Waals surface area (Å²) in [6.07, 6.45) is 13.5. The van der Waals surface area contributed by atoms with Crippen LogP contribution in [0.25, 0.3) is 0 Å². The standard InChI is InChI=1S/C26H44O3/c1-25(2,3)19-12-8-6-10-15-22-17-14-18-23(24(22)28)16-11-7-9-13-20-26(4,5)29-21-27/h14,17-18,21,28H,6-13,15-16,19-20H2,1-5H3. The van der Waals surface area contributed by atoms with Crippen molar-refractivity contribution in [3.8, 4) is 5.75 Å². The molecular weight excluding hydrogens is 360 g/mol. The van der Waals surface area contributed by atoms with Crippen molar-refractivity contribution in [2.75, 3.05) is 0 Å². The fraction of sp³-hybridized carbons (Fsp3) is 0.731. The number of hydrogen-bond donors (Lipinski definition) is 1. The Balaban J connectivity index is 2.26. The molecule has 1 aromatic carbocycles. The van der Waals surface area contributed by atoms with Crippen LogP contribution in [-0.4, -0.2) is 17.2 Å². The van der Waals surface area contributed by atoms with Crippen LogP contribution in [0.5, 0.6) is 5.75 Å². The minimum absolute atomic E-state index is 0.360. The molecule has 29 heavy (non-hydrogen) atoms. The van der Waals surface area contributed by atoms with Gasteiger partial charge in [0.25, 0.3) is 6.47 Å². The number of ether oxygens (including phenoxy) is 1. The Kier molecular flexibility index (Phi) is 11.4. The lowest BCUT2D eigenvalue weighted by molar-refractivity contribution is -0.140. The van der Waals surface area contributed by atoms with Gasteiger partial charge < -0.3 is 9.84 Å². The quantitative estimate of drug-likeness (QED) is 0.245. The Labute approximate surface area is 179 Å². The van der Waals surface area contributed by atoms with Crippen LogP contribution >= 0.6 is 0 Å². The van der Waals surface area contributed by atoms with Crippen LogP contribution in [0.15, 0.2) is 18.2 Å². The molecule has 1 N–H and O–H groups in total. The molecule has 0 bridgehead atoms. The molecule has 0 aromatic heterocycles. The van der Waals surface area contributed by atoms with E-state index in [1.54, 1.807) is 0 Å². The van der Waals surface area contributed by atoms with Crippen LogP contribution in [-0.2, 0) is 22.4 Å². The average Bonchev–Trinajstić information content (AvgIpc) is 2.62. The normalized spacial score (nSPS) is 12.2. The summed E-state index contributed by atoms with van der Waals surface area (Å²) in [7, 11) is 0. The number of benzene rings is 1. The number of phenols is 1. The van der Waals surface area contributed by atoms with Gasteiger partial charge in [-0.1, -0.05) is 71.1 Å². The number of carbonyl (C=O) groups is 1. The highest BCUT2D eigenvalue weighted by molar-refractivity contribution is 5.40. The zero-order valence-electron chi connectivity index (χ0n) is 19.6. The van der Waals surface area contributed by atoms with Crippen LogP contribution in [0, 0.1) is 5.41 Å². The van der Waals surface area contributed by atoms with E-state index in [1.165, 1.54) is 25.7 Å². The smallest absolute Gasteiger partial charge is 0.293 e. The highest BCUT2D eigenvalue weighted by Gasteiger charge is 2.17. The lowest BCUT2D eigenvalue weighted by atomic mass is 9.89. The Hall–Kier alpha value is -1.51. The SMILES string of the molecule is CC(C)(C)CCCCCCc1cccc(CCCCCCC(C)(C)OC=O)c1O. The Morgan fingerprint density at radius 1 is 0.793 bits per heavy atom. The van der Waals surface area contributed by atoms with Crippen LogP contribution < -0.4 is 0 Å². The molecule has 0 saturated heterocycles. The number of carbonyl (C=O) groups excluding carboxylic acids is 1. The van der Waals surface area contributed by atoms with E-state index in [9.17, 15) is 9.90 Å². The fourth-order valence-electron chi connectivity index (χ4n) is 3.78. The second-order valence-corrected chi connectivity index (χ2v) is 10.3. The van der Waals surface area contributed by atoms with Crippen LogP contribution in [0.4, 0.5) is 0 Å². The van der Waals surface area contributed by atoms with Crippen molar-refractivity contribution in [2.24, 2.45) is 5.41 Å². The van der Waals surface area contributed by atoms with Gasteiger partial charge in [-0.15, -0.1) is 0 Å². The van der Waals surface area contributed by atoms with Crippen LogP contribution in [0.3, 0.4) is 0 Å². The number of aromatic hydroxyl groups is 1. The van der Waals surface area contributed by atoms with E-state index in [0.29, 0.717) is 17.6 Å². The first kappa shape index (κ1) is 25.5. The Morgan fingerprint density at radius 3 is 1.76 bits per heavy atom. The van der Waals surface area contributed by atoms with Crippen molar-refractivity contribution in [1.29, 1.82) is 0 Å². The van der Waals surface area contributed by atoms with E-state index in [1.807, 2.05) is 13.8 Å². The first-order valence-corrected chi connectivity index (χ1v) is 11.6. The second-order valence-electron chi connectivity index (χ2n) is 10.3. The second kappa shape index (κ2) is 12.9. The van der Waals surface area contributed by atoms with Gasteiger partial charge in [-0.3, -0.25) is 4.79 Å². The first-order chi connectivity index (χ1) is 13.6. The summed E-state index contributed by atoms with van der Waals surface area (Å²) in [6, 6.07) is 6.22. The van der Waals surface area contributed by atoms with Crippen molar-refractivity contribution >= 4 is 6.47 Å². The summed E-state index contributed by atoms with van der Waals surface area (Å²) in [5, 5.41) is 10.6. The van der Waals surface area contributed by atoms with E-state index in [2.05, 4.69) is 39.0 Å². The number of phenolic OH excluding ortho intramolecular Hbond substituents is 1. The number of aryl methyl sites for hydroxylation is 2. The van der Waals surface area contributed by atoms with Gasteiger partial charge in [0.1, 0.15) is 11.4 Å². The van der Waals surface area contributed by atoms with E-state index in [-0.39, 0.29) is 5.60 Å². The van der Waals surface area contributed by atoms with Gasteiger partial charge in [-0.25, -0.2) is 0 Å². The number of rotatable bonds is 15. The third-order valence-corrected chi connectivity index (χ3v) is 5.67. The average molecular weight is 405 g/mol. The topological polar surface area (TPSA) is 46.5 Å². The molecule has 3 nitrogen and oxygen atoms in total. The highest BCUT2D eigenvalue weighted by atomic mass is 16.5. The lowest BCUT2D eigenvalue weighted by Gasteiger charge is -2.22. The summed E-state index contributed by atoms with van der Waals surface area (Å²) in [6.45, 7) is 11.4. The monoisotopic (exact) mass is 404 g/mol. The van der Waals surface area contributed by atoms with E-state index < -0.39 is 0 Å². The molecule has 0 fully saturated rings. The molecule has 0 heterocycles. The molecule has 1 rings (SSSR count). The Morgan fingerprint density at radius 2 is 1.28 bits per heavy atom. The molecule has 3 heteroatoms. The third-order valence-electron chi connectivity index (χ3n) is 5.67. The largest absolute Gasteiger partial charge is 0.507 e. The maximum absolute atomic E-state index is 10.6. The molecule has 0 aliphatic heterocycles. The molecular formula is C26H44O3. The van der Waals surface area contributed by atoms with Gasteiger partial charge in [0.05, 0.1) is 0 Å². The summed E-state index contributed by atoms with van der Waals surface area (Å²) >= 11 is 0. The van der Waals surface area contributed by atoms with Gasteiger partial charge in [0.2, 0.25) is 0 Å². The van der Waals surface area contributed by atoms with E-state index >= 15 is 0 Å². The maximum atomic E-state index is 10.6. The molecule has 0 atom stereocenters. The van der Waals surface area contributed by atoms with Gasteiger partial charge >= 0.3 is 0 Å². The molecule has 0 amide bonds. The molecule has 1 aromatic rings. The summed E-state index contributed by atoms with van der Waals surface area (Å²) < 4.78 is 5.09. The van der Waals surface area contributed by atoms with Gasteiger partial charge in [-0.05, 0) is 75.3 Å². The van der Waals surface area contributed by atoms with Crippen molar-refractivity contribution in [2.45, 2.75) is 117 Å². The molecule has 0 aliphatic carbocycles. The van der Waals surface area contributed by atoms with Gasteiger partial charge in [0, 0.05) is 0 Å². The van der Waals surface area contributed by atoms with E-state index in [4.69, 9.17) is 4.74 Å². The fourth-order valence-corrected chi connectivity index (χ4v) is 3.78. The molecule has 0 saturated carbocycles. The van der Waals surface area contributed by atoms with Crippen molar-refractivity contribution in [3.05, 3.63) is 29.3 Å². The zero-order chi connectivity index (χ0) is 21.8. The predicted octanol–water partition coefficient (Wildman–Crippen LogP) is 7.38. The summed E-state index contributed by atoms with van der Waals surface area (Å²) in [5.41, 5.74) is 2.26. The van der Waals surface area contributed by atoms with Gasteiger partial charge in [-0.2, -0.15) is 0 Å². The zero-order valence-corrected chi connectivity index (χ0v) is 19.6.